The fourth-order valence-electron chi connectivity index (χ4n) is 4.72. The molecule has 3 unspecified atom stereocenters. The molecule has 4 rings (SSSR count). The Labute approximate surface area is 226 Å². The summed E-state index contributed by atoms with van der Waals surface area (Å²) in [5.74, 6) is -1.54. The first-order valence-electron chi connectivity index (χ1n) is 12.7. The van der Waals surface area contributed by atoms with Crippen LogP contribution in [-0.2, 0) is 32.2 Å². The summed E-state index contributed by atoms with van der Waals surface area (Å²) in [6, 6.07) is 20.1. The van der Waals surface area contributed by atoms with Crippen molar-refractivity contribution in [3.05, 3.63) is 101 Å². The van der Waals surface area contributed by atoms with Crippen molar-refractivity contribution in [1.82, 2.24) is 10.2 Å². The fourth-order valence-corrected chi connectivity index (χ4v) is 4.72. The molecule has 0 aliphatic carbocycles. The maximum atomic E-state index is 13.6. The molecular weight excluding hydrogens is 503 g/mol. The van der Waals surface area contributed by atoms with Crippen molar-refractivity contribution in [1.29, 1.82) is 0 Å². The Morgan fingerprint density at radius 1 is 0.923 bits per heavy atom. The number of nitrogens with one attached hydrogen (secondary N) is 1. The molecule has 0 aromatic heterocycles. The standard InChI is InChI=1S/C30H31FN2O6/c1-3-38-29(35)25-17-26(28(34)32-18-20-9-13-23(31)14-10-20)33(27(25)22-11-15-24(37-2)16-12-22)30(36)39-19-21-7-5-4-6-8-21/h4-16,25-27H,3,17-19H2,1-2H3,(H,32,34). The zero-order valence-electron chi connectivity index (χ0n) is 21.8. The smallest absolute Gasteiger partial charge is 0.411 e. The van der Waals surface area contributed by atoms with Crippen LogP contribution in [0.5, 0.6) is 5.75 Å². The number of benzene rings is 3. The van der Waals surface area contributed by atoms with Crippen LogP contribution in [0.2, 0.25) is 0 Å². The lowest BCUT2D eigenvalue weighted by Crippen LogP contribution is -2.46. The van der Waals surface area contributed by atoms with Gasteiger partial charge in [0.25, 0.3) is 0 Å². The lowest BCUT2D eigenvalue weighted by Gasteiger charge is -2.30. The zero-order valence-corrected chi connectivity index (χ0v) is 21.8. The summed E-state index contributed by atoms with van der Waals surface area (Å²) < 4.78 is 29.5. The Morgan fingerprint density at radius 3 is 2.26 bits per heavy atom. The number of ether oxygens (including phenoxy) is 3. The van der Waals surface area contributed by atoms with Gasteiger partial charge in [-0.05, 0) is 54.3 Å². The molecule has 39 heavy (non-hydrogen) atoms. The normalized spacial score (nSPS) is 18.3. The van der Waals surface area contributed by atoms with Gasteiger partial charge in [0.1, 0.15) is 24.2 Å². The largest absolute Gasteiger partial charge is 0.497 e. The molecule has 3 aromatic rings. The molecule has 1 fully saturated rings. The van der Waals surface area contributed by atoms with Gasteiger partial charge in [-0.3, -0.25) is 14.5 Å². The predicted molar refractivity (Wildman–Crippen MR) is 141 cm³/mol. The van der Waals surface area contributed by atoms with E-state index in [0.717, 1.165) is 5.56 Å². The third-order valence-electron chi connectivity index (χ3n) is 6.64. The summed E-state index contributed by atoms with van der Waals surface area (Å²) in [4.78, 5) is 41.5. The number of esters is 1. The molecule has 0 saturated carbocycles. The van der Waals surface area contributed by atoms with Crippen LogP contribution in [0.1, 0.15) is 36.1 Å². The first-order valence-corrected chi connectivity index (χ1v) is 12.7. The van der Waals surface area contributed by atoms with Crippen molar-refractivity contribution < 1.29 is 33.0 Å². The Balaban J connectivity index is 1.64. The van der Waals surface area contributed by atoms with E-state index in [2.05, 4.69) is 5.32 Å². The minimum absolute atomic E-state index is 0.000499. The molecule has 1 N–H and O–H groups in total. The van der Waals surface area contributed by atoms with E-state index in [1.165, 1.54) is 17.0 Å². The molecule has 9 heteroatoms. The second-order valence-corrected chi connectivity index (χ2v) is 9.12. The molecule has 0 spiro atoms. The minimum atomic E-state index is -1.00. The summed E-state index contributed by atoms with van der Waals surface area (Å²) in [5.41, 5.74) is 2.11. The summed E-state index contributed by atoms with van der Waals surface area (Å²) in [7, 11) is 1.54. The number of carbonyl (C=O) groups excluding carboxylic acids is 3. The van der Waals surface area contributed by atoms with E-state index in [0.29, 0.717) is 16.9 Å². The molecule has 0 radical (unpaired) electrons. The average Bonchev–Trinajstić information content (AvgIpc) is 3.37. The van der Waals surface area contributed by atoms with Crippen molar-refractivity contribution in [2.75, 3.05) is 13.7 Å². The number of methoxy groups -OCH3 is 1. The number of hydrogen-bond acceptors (Lipinski definition) is 6. The van der Waals surface area contributed by atoms with E-state index in [1.54, 1.807) is 50.4 Å². The molecule has 3 atom stereocenters. The Morgan fingerprint density at radius 2 is 1.62 bits per heavy atom. The van der Waals surface area contributed by atoms with Gasteiger partial charge in [0.05, 0.1) is 25.7 Å². The van der Waals surface area contributed by atoms with Crippen LogP contribution in [0.15, 0.2) is 78.9 Å². The summed E-state index contributed by atoms with van der Waals surface area (Å²) in [6.07, 6.45) is -0.681. The highest BCUT2D eigenvalue weighted by Gasteiger charge is 2.51. The van der Waals surface area contributed by atoms with E-state index in [1.807, 2.05) is 30.3 Å². The maximum absolute atomic E-state index is 13.6. The van der Waals surface area contributed by atoms with E-state index in [9.17, 15) is 18.8 Å². The third kappa shape index (κ3) is 6.73. The van der Waals surface area contributed by atoms with Crippen LogP contribution in [0.4, 0.5) is 9.18 Å². The zero-order chi connectivity index (χ0) is 27.8. The second-order valence-electron chi connectivity index (χ2n) is 9.12. The SMILES string of the molecule is CCOC(=O)C1CC(C(=O)NCc2ccc(F)cc2)N(C(=O)OCc2ccccc2)C1c1ccc(OC)cc1. The third-order valence-corrected chi connectivity index (χ3v) is 6.64. The van der Waals surface area contributed by atoms with Crippen molar-refractivity contribution in [3.8, 4) is 5.75 Å². The summed E-state index contributed by atoms with van der Waals surface area (Å²) >= 11 is 0. The van der Waals surface area contributed by atoms with Crippen LogP contribution in [0.25, 0.3) is 0 Å². The number of rotatable bonds is 9. The Hall–Kier alpha value is -4.40. The first-order chi connectivity index (χ1) is 18.9. The highest BCUT2D eigenvalue weighted by molar-refractivity contribution is 5.89. The monoisotopic (exact) mass is 534 g/mol. The molecular formula is C30H31FN2O6. The van der Waals surface area contributed by atoms with Crippen LogP contribution < -0.4 is 10.1 Å². The maximum Gasteiger partial charge on any atom is 0.411 e. The van der Waals surface area contributed by atoms with Crippen molar-refractivity contribution in [2.45, 2.75) is 38.6 Å². The molecule has 1 heterocycles. The van der Waals surface area contributed by atoms with E-state index in [-0.39, 0.29) is 32.0 Å². The number of likely N-dealkylation sites (tertiary alicyclic amines) is 1. The lowest BCUT2D eigenvalue weighted by atomic mass is 9.93. The Bertz CT molecular complexity index is 1270. The van der Waals surface area contributed by atoms with E-state index >= 15 is 0 Å². The fraction of sp³-hybridized carbons (Fsp3) is 0.300. The summed E-state index contributed by atoms with van der Waals surface area (Å²) in [6.45, 7) is 1.98. The van der Waals surface area contributed by atoms with Gasteiger partial charge in [0, 0.05) is 6.54 Å². The number of amides is 2. The van der Waals surface area contributed by atoms with Crippen LogP contribution in [-0.4, -0.2) is 42.6 Å². The van der Waals surface area contributed by atoms with Gasteiger partial charge >= 0.3 is 12.1 Å². The number of carbonyl (C=O) groups is 3. The molecule has 204 valence electrons. The van der Waals surface area contributed by atoms with Gasteiger partial charge in [-0.25, -0.2) is 9.18 Å². The van der Waals surface area contributed by atoms with Gasteiger partial charge in [-0.1, -0.05) is 54.6 Å². The van der Waals surface area contributed by atoms with Crippen LogP contribution >= 0.6 is 0 Å². The van der Waals surface area contributed by atoms with Crippen LogP contribution in [0.3, 0.4) is 0 Å². The highest BCUT2D eigenvalue weighted by atomic mass is 19.1. The predicted octanol–water partition coefficient (Wildman–Crippen LogP) is 4.78. The summed E-state index contributed by atoms with van der Waals surface area (Å²) in [5, 5.41) is 2.82. The molecule has 1 aliphatic rings. The molecule has 3 aromatic carbocycles. The molecule has 2 amide bonds. The van der Waals surface area contributed by atoms with Crippen molar-refractivity contribution in [2.24, 2.45) is 5.92 Å². The van der Waals surface area contributed by atoms with Crippen molar-refractivity contribution >= 4 is 18.0 Å². The van der Waals surface area contributed by atoms with Gasteiger partial charge in [0.2, 0.25) is 5.91 Å². The van der Waals surface area contributed by atoms with E-state index in [4.69, 9.17) is 14.2 Å². The topological polar surface area (TPSA) is 94.2 Å². The Kier molecular flexibility index (Phi) is 9.14. The quantitative estimate of drug-likeness (QED) is 0.397. The second kappa shape index (κ2) is 12.9. The molecule has 8 nitrogen and oxygen atoms in total. The van der Waals surface area contributed by atoms with Gasteiger partial charge in [0.15, 0.2) is 0 Å². The molecule has 1 aliphatic heterocycles. The first kappa shape index (κ1) is 27.6. The number of hydrogen-bond donors (Lipinski definition) is 1. The molecule has 0 bridgehead atoms. The lowest BCUT2D eigenvalue weighted by molar-refractivity contribution is -0.148. The van der Waals surface area contributed by atoms with Crippen LogP contribution in [0, 0.1) is 11.7 Å². The van der Waals surface area contributed by atoms with Gasteiger partial charge in [-0.2, -0.15) is 0 Å². The number of nitrogens with zero attached hydrogens (tertiary/aromatic N) is 1. The van der Waals surface area contributed by atoms with Gasteiger partial charge < -0.3 is 19.5 Å². The van der Waals surface area contributed by atoms with Gasteiger partial charge in [-0.15, -0.1) is 0 Å². The average molecular weight is 535 g/mol. The highest BCUT2D eigenvalue weighted by Crippen LogP contribution is 2.43. The molecule has 1 saturated heterocycles. The van der Waals surface area contributed by atoms with Crippen molar-refractivity contribution in [3.63, 3.8) is 0 Å². The van der Waals surface area contributed by atoms with E-state index < -0.39 is 36.0 Å². The number of halogens is 1. The minimum Gasteiger partial charge on any atom is -0.497 e.